The van der Waals surface area contributed by atoms with Gasteiger partial charge in [0.15, 0.2) is 0 Å². The van der Waals surface area contributed by atoms with Gasteiger partial charge < -0.3 is 10.3 Å². The van der Waals surface area contributed by atoms with Crippen LogP contribution in [0.1, 0.15) is 18.9 Å². The largest absolute Gasteiger partial charge is 0.337 e. The van der Waals surface area contributed by atoms with Crippen molar-refractivity contribution in [1.82, 2.24) is 15.1 Å². The van der Waals surface area contributed by atoms with Crippen molar-refractivity contribution in [2.75, 3.05) is 0 Å². The minimum atomic E-state index is -0.408. The van der Waals surface area contributed by atoms with Crippen molar-refractivity contribution in [3.63, 3.8) is 0 Å². The molecule has 0 unspecified atom stereocenters. The van der Waals surface area contributed by atoms with Crippen LogP contribution in [-0.4, -0.2) is 15.1 Å². The summed E-state index contributed by atoms with van der Waals surface area (Å²) in [5.41, 5.74) is 6.00. The predicted molar refractivity (Wildman–Crippen MR) is 50.1 cm³/mol. The van der Waals surface area contributed by atoms with Crippen LogP contribution < -0.4 is 5.73 Å². The Bertz CT molecular complexity index is 451. The van der Waals surface area contributed by atoms with Gasteiger partial charge in [0.2, 0.25) is 11.7 Å². The van der Waals surface area contributed by atoms with Gasteiger partial charge in [-0.25, -0.2) is 9.37 Å². The second-order valence-electron chi connectivity index (χ2n) is 3.11. The van der Waals surface area contributed by atoms with E-state index in [-0.39, 0.29) is 6.04 Å². The Labute approximate surface area is 85.1 Å². The van der Waals surface area contributed by atoms with Crippen LogP contribution in [0.2, 0.25) is 0 Å². The first-order valence-corrected chi connectivity index (χ1v) is 4.38. The number of hydrogen-bond acceptors (Lipinski definition) is 5. The maximum absolute atomic E-state index is 12.6. The summed E-state index contributed by atoms with van der Waals surface area (Å²) in [6, 6.07) is 2.43. The van der Waals surface area contributed by atoms with Gasteiger partial charge in [0.1, 0.15) is 11.5 Å². The van der Waals surface area contributed by atoms with Gasteiger partial charge in [-0.05, 0) is 19.1 Å². The highest BCUT2D eigenvalue weighted by atomic mass is 19.1. The van der Waals surface area contributed by atoms with Gasteiger partial charge in [-0.15, -0.1) is 0 Å². The molecule has 0 aliphatic rings. The first-order chi connectivity index (χ1) is 7.16. The molecular weight excluding hydrogens is 199 g/mol. The average molecular weight is 208 g/mol. The van der Waals surface area contributed by atoms with E-state index < -0.39 is 5.82 Å². The Balaban J connectivity index is 2.33. The van der Waals surface area contributed by atoms with Crippen molar-refractivity contribution in [2.45, 2.75) is 13.0 Å². The minimum Gasteiger partial charge on any atom is -0.337 e. The van der Waals surface area contributed by atoms with Crippen molar-refractivity contribution in [3.8, 4) is 11.5 Å². The maximum atomic E-state index is 12.6. The standard InChI is InChI=1S/C9H9FN4O/c1-5(11)9-13-8(14-15-9)7-3-2-6(10)4-12-7/h2-5H,11H2,1H3/t5-/m1/s1. The van der Waals surface area contributed by atoms with Crippen molar-refractivity contribution >= 4 is 0 Å². The molecule has 0 saturated heterocycles. The van der Waals surface area contributed by atoms with Gasteiger partial charge in [-0.3, -0.25) is 0 Å². The second-order valence-corrected chi connectivity index (χ2v) is 3.11. The first-order valence-electron chi connectivity index (χ1n) is 4.38. The van der Waals surface area contributed by atoms with Gasteiger partial charge in [-0.2, -0.15) is 4.98 Å². The highest BCUT2D eigenvalue weighted by molar-refractivity contribution is 5.47. The molecule has 1 atom stereocenters. The number of hydrogen-bond donors (Lipinski definition) is 1. The van der Waals surface area contributed by atoms with Crippen LogP contribution in [0.25, 0.3) is 11.5 Å². The molecule has 0 aliphatic heterocycles. The Hall–Kier alpha value is -1.82. The quantitative estimate of drug-likeness (QED) is 0.804. The molecule has 2 N–H and O–H groups in total. The monoisotopic (exact) mass is 208 g/mol. The molecule has 78 valence electrons. The zero-order valence-corrected chi connectivity index (χ0v) is 8.01. The molecule has 15 heavy (non-hydrogen) atoms. The lowest BCUT2D eigenvalue weighted by Gasteiger charge is -1.93. The van der Waals surface area contributed by atoms with Crippen LogP contribution in [0.3, 0.4) is 0 Å². The van der Waals surface area contributed by atoms with Gasteiger partial charge in [0.25, 0.3) is 0 Å². The topological polar surface area (TPSA) is 77.8 Å². The van der Waals surface area contributed by atoms with Crippen LogP contribution in [0.15, 0.2) is 22.9 Å². The van der Waals surface area contributed by atoms with Gasteiger partial charge >= 0.3 is 0 Å². The number of pyridine rings is 1. The lowest BCUT2D eigenvalue weighted by molar-refractivity contribution is 0.362. The molecule has 0 aliphatic carbocycles. The Morgan fingerprint density at radius 3 is 2.80 bits per heavy atom. The fourth-order valence-corrected chi connectivity index (χ4v) is 1.03. The number of nitrogens with zero attached hydrogens (tertiary/aromatic N) is 3. The molecule has 2 rings (SSSR count). The fourth-order valence-electron chi connectivity index (χ4n) is 1.03. The van der Waals surface area contributed by atoms with Crippen LogP contribution in [-0.2, 0) is 0 Å². The van der Waals surface area contributed by atoms with Crippen molar-refractivity contribution < 1.29 is 8.91 Å². The van der Waals surface area contributed by atoms with E-state index in [4.69, 9.17) is 10.3 Å². The summed E-state index contributed by atoms with van der Waals surface area (Å²) in [4.78, 5) is 7.84. The number of halogens is 1. The Morgan fingerprint density at radius 2 is 2.27 bits per heavy atom. The third-order valence-corrected chi connectivity index (χ3v) is 1.79. The summed E-state index contributed by atoms with van der Waals surface area (Å²) in [5, 5.41) is 3.69. The molecule has 0 spiro atoms. The SMILES string of the molecule is C[C@@H](N)c1nc(-c2ccc(F)cn2)no1. The van der Waals surface area contributed by atoms with E-state index >= 15 is 0 Å². The molecule has 6 heteroatoms. The van der Waals surface area contributed by atoms with E-state index in [1.165, 1.54) is 12.1 Å². The van der Waals surface area contributed by atoms with E-state index in [0.717, 1.165) is 6.20 Å². The third kappa shape index (κ3) is 1.99. The molecule has 2 aromatic heterocycles. The van der Waals surface area contributed by atoms with Gasteiger partial charge in [0.05, 0.1) is 12.2 Å². The molecule has 5 nitrogen and oxygen atoms in total. The van der Waals surface area contributed by atoms with Crippen LogP contribution in [0.4, 0.5) is 4.39 Å². The van der Waals surface area contributed by atoms with E-state index in [2.05, 4.69) is 15.1 Å². The Kier molecular flexibility index (Phi) is 2.42. The zero-order valence-electron chi connectivity index (χ0n) is 8.01. The maximum Gasteiger partial charge on any atom is 0.243 e. The number of aromatic nitrogens is 3. The van der Waals surface area contributed by atoms with Crippen molar-refractivity contribution in [3.05, 3.63) is 30.0 Å². The Morgan fingerprint density at radius 1 is 1.47 bits per heavy atom. The highest BCUT2D eigenvalue weighted by Crippen LogP contribution is 2.15. The summed E-state index contributed by atoms with van der Waals surface area (Å²) in [6.45, 7) is 1.73. The summed E-state index contributed by atoms with van der Waals surface area (Å²) in [5.74, 6) is 0.230. The highest BCUT2D eigenvalue weighted by Gasteiger charge is 2.12. The number of nitrogens with two attached hydrogens (primary N) is 1. The smallest absolute Gasteiger partial charge is 0.243 e. The molecule has 0 aromatic carbocycles. The molecule has 0 amide bonds. The zero-order chi connectivity index (χ0) is 10.8. The van der Waals surface area contributed by atoms with Gasteiger partial charge in [0, 0.05) is 0 Å². The number of rotatable bonds is 2. The van der Waals surface area contributed by atoms with Gasteiger partial charge in [-0.1, -0.05) is 5.16 Å². The van der Waals surface area contributed by atoms with Crippen molar-refractivity contribution in [2.24, 2.45) is 5.73 Å². The van der Waals surface area contributed by atoms with E-state index in [1.54, 1.807) is 6.92 Å². The first kappa shape index (κ1) is 9.72. The third-order valence-electron chi connectivity index (χ3n) is 1.79. The summed E-state index contributed by atoms with van der Waals surface area (Å²) >= 11 is 0. The van der Waals surface area contributed by atoms with Crippen molar-refractivity contribution in [1.29, 1.82) is 0 Å². The van der Waals surface area contributed by atoms with E-state index in [0.29, 0.717) is 17.4 Å². The van der Waals surface area contributed by atoms with E-state index in [1.807, 2.05) is 0 Å². The van der Waals surface area contributed by atoms with Crippen LogP contribution in [0.5, 0.6) is 0 Å². The molecule has 0 bridgehead atoms. The molecule has 2 aromatic rings. The fraction of sp³-hybridized carbons (Fsp3) is 0.222. The normalized spacial score (nSPS) is 12.7. The van der Waals surface area contributed by atoms with Crippen LogP contribution in [0, 0.1) is 5.82 Å². The summed E-state index contributed by atoms with van der Waals surface area (Å²) in [6.07, 6.45) is 1.09. The van der Waals surface area contributed by atoms with Crippen LogP contribution >= 0.6 is 0 Å². The molecule has 0 radical (unpaired) electrons. The summed E-state index contributed by atoms with van der Waals surface area (Å²) < 4.78 is 17.5. The molecular formula is C9H9FN4O. The second kappa shape index (κ2) is 3.74. The molecule has 0 fully saturated rings. The molecule has 0 saturated carbocycles. The van der Waals surface area contributed by atoms with E-state index in [9.17, 15) is 4.39 Å². The lowest BCUT2D eigenvalue weighted by Crippen LogP contribution is -2.04. The lowest BCUT2D eigenvalue weighted by atomic mass is 10.3. The predicted octanol–water partition coefficient (Wildman–Crippen LogP) is 1.29. The molecule has 2 heterocycles. The summed E-state index contributed by atoms with van der Waals surface area (Å²) in [7, 11) is 0. The average Bonchev–Trinajstić information content (AvgIpc) is 2.68. The minimum absolute atomic E-state index is 0.308.